The molecule has 0 amide bonds. The molecule has 27 heavy (non-hydrogen) atoms. The summed E-state index contributed by atoms with van der Waals surface area (Å²) in [4.78, 5) is 22.6. The molecule has 0 saturated heterocycles. The van der Waals surface area contributed by atoms with E-state index in [-0.39, 0.29) is 43.4 Å². The highest BCUT2D eigenvalue weighted by Gasteiger charge is 2.18. The Morgan fingerprint density at radius 3 is 2.52 bits per heavy atom. The summed E-state index contributed by atoms with van der Waals surface area (Å²) < 4.78 is 10.5. The Bertz CT molecular complexity index is 811. The molecule has 0 radical (unpaired) electrons. The summed E-state index contributed by atoms with van der Waals surface area (Å²) in [6.45, 7) is -0.129. The minimum atomic E-state index is -0.770. The minimum Gasteiger partial charge on any atom is -0.487 e. The number of carbonyl (C=O) groups excluding carboxylic acids is 1. The van der Waals surface area contributed by atoms with Crippen molar-refractivity contribution >= 4 is 40.5 Å². The lowest BCUT2D eigenvalue weighted by atomic mass is 10.1. The van der Waals surface area contributed by atoms with E-state index in [0.29, 0.717) is 15.7 Å². The normalized spacial score (nSPS) is 10.3. The smallest absolute Gasteiger partial charge is 0.340 e. The van der Waals surface area contributed by atoms with E-state index in [9.17, 15) is 14.9 Å². The molecule has 0 aromatic heterocycles. The Morgan fingerprint density at radius 2 is 1.89 bits per heavy atom. The Hall–Kier alpha value is -2.55. The van der Waals surface area contributed by atoms with Crippen LogP contribution in [-0.4, -0.2) is 42.4 Å². The SMILES string of the molecule is O=C(OCCOc1c(Cl)cccc1Cl)c1cc([N+](=O)[O-])ccc1NCCO. The van der Waals surface area contributed by atoms with Crippen molar-refractivity contribution in [2.75, 3.05) is 31.7 Å². The van der Waals surface area contributed by atoms with Gasteiger partial charge in [-0.05, 0) is 18.2 Å². The second kappa shape index (κ2) is 9.96. The van der Waals surface area contributed by atoms with E-state index in [1.165, 1.54) is 12.1 Å². The number of aliphatic hydroxyl groups is 1. The third-order valence-electron chi connectivity index (χ3n) is 3.34. The Balaban J connectivity index is 2.01. The van der Waals surface area contributed by atoms with Crippen LogP contribution in [0.2, 0.25) is 10.0 Å². The molecule has 144 valence electrons. The van der Waals surface area contributed by atoms with E-state index in [1.54, 1.807) is 18.2 Å². The number of carbonyl (C=O) groups is 1. The standard InChI is InChI=1S/C17H16Cl2N2O6/c18-13-2-1-3-14(19)16(13)26-8-9-27-17(23)12-10-11(21(24)25)4-5-15(12)20-6-7-22/h1-5,10,20,22H,6-9H2. The molecule has 2 aromatic rings. The number of benzene rings is 2. The number of nitrogens with one attached hydrogen (secondary N) is 1. The first-order valence-corrected chi connectivity index (χ1v) is 8.56. The molecule has 0 unspecified atom stereocenters. The second-order valence-corrected chi connectivity index (χ2v) is 5.99. The van der Waals surface area contributed by atoms with Gasteiger partial charge in [-0.1, -0.05) is 29.3 Å². The van der Waals surface area contributed by atoms with Crippen molar-refractivity contribution in [1.29, 1.82) is 0 Å². The van der Waals surface area contributed by atoms with E-state index in [2.05, 4.69) is 5.32 Å². The van der Waals surface area contributed by atoms with E-state index in [1.807, 2.05) is 0 Å². The summed E-state index contributed by atoms with van der Waals surface area (Å²) in [5.41, 5.74) is 0.0405. The van der Waals surface area contributed by atoms with E-state index in [0.717, 1.165) is 6.07 Å². The van der Waals surface area contributed by atoms with Crippen LogP contribution in [0.5, 0.6) is 5.75 Å². The number of ether oxygens (including phenoxy) is 2. The maximum Gasteiger partial charge on any atom is 0.340 e. The summed E-state index contributed by atoms with van der Waals surface area (Å²) in [5.74, 6) is -0.495. The number of hydrogen-bond acceptors (Lipinski definition) is 7. The van der Waals surface area contributed by atoms with Crippen LogP contribution < -0.4 is 10.1 Å². The molecule has 0 aliphatic carbocycles. The number of nitro groups is 1. The molecule has 0 heterocycles. The summed E-state index contributed by atoms with van der Waals surface area (Å²) in [5, 5.41) is 23.3. The van der Waals surface area contributed by atoms with Crippen molar-refractivity contribution in [3.8, 4) is 5.75 Å². The highest BCUT2D eigenvalue weighted by Crippen LogP contribution is 2.32. The number of nitro benzene ring substituents is 1. The molecule has 0 fully saturated rings. The number of halogens is 2. The molecule has 2 rings (SSSR count). The van der Waals surface area contributed by atoms with Gasteiger partial charge < -0.3 is 19.9 Å². The maximum atomic E-state index is 12.3. The summed E-state index contributed by atoms with van der Waals surface area (Å²) in [7, 11) is 0. The summed E-state index contributed by atoms with van der Waals surface area (Å²) in [6.07, 6.45) is 0. The number of esters is 1. The summed E-state index contributed by atoms with van der Waals surface area (Å²) in [6, 6.07) is 8.62. The zero-order chi connectivity index (χ0) is 19.8. The number of anilines is 1. The fraction of sp³-hybridized carbons (Fsp3) is 0.235. The highest BCUT2D eigenvalue weighted by atomic mass is 35.5. The molecule has 0 bridgehead atoms. The van der Waals surface area contributed by atoms with Crippen LogP contribution >= 0.6 is 23.2 Å². The number of non-ortho nitro benzene ring substituents is 1. The van der Waals surface area contributed by atoms with Crippen molar-refractivity contribution in [2.45, 2.75) is 0 Å². The molecule has 0 aliphatic heterocycles. The van der Waals surface area contributed by atoms with E-state index in [4.69, 9.17) is 37.8 Å². The van der Waals surface area contributed by atoms with Gasteiger partial charge in [0.25, 0.3) is 5.69 Å². The molecular weight excluding hydrogens is 399 g/mol. The fourth-order valence-electron chi connectivity index (χ4n) is 2.14. The van der Waals surface area contributed by atoms with E-state index < -0.39 is 10.9 Å². The molecule has 0 atom stereocenters. The predicted octanol–water partition coefficient (Wildman–Crippen LogP) is 3.54. The molecule has 8 nitrogen and oxygen atoms in total. The topological polar surface area (TPSA) is 111 Å². The number of hydrogen-bond donors (Lipinski definition) is 2. The third kappa shape index (κ3) is 5.72. The van der Waals surface area contributed by atoms with Crippen LogP contribution in [0.3, 0.4) is 0 Å². The molecule has 0 saturated carbocycles. The molecule has 10 heteroatoms. The second-order valence-electron chi connectivity index (χ2n) is 5.17. The average Bonchev–Trinajstić information content (AvgIpc) is 2.65. The van der Waals surface area contributed by atoms with Crippen molar-refractivity contribution in [1.82, 2.24) is 0 Å². The lowest BCUT2D eigenvalue weighted by Crippen LogP contribution is -2.16. The van der Waals surface area contributed by atoms with Crippen LogP contribution in [0, 0.1) is 10.1 Å². The van der Waals surface area contributed by atoms with Gasteiger partial charge in [0, 0.05) is 24.4 Å². The number of para-hydroxylation sites is 1. The quantitative estimate of drug-likeness (QED) is 0.279. The van der Waals surface area contributed by atoms with Crippen LogP contribution in [0.4, 0.5) is 11.4 Å². The average molecular weight is 415 g/mol. The largest absolute Gasteiger partial charge is 0.487 e. The first-order valence-electron chi connectivity index (χ1n) is 7.81. The summed E-state index contributed by atoms with van der Waals surface area (Å²) >= 11 is 11.9. The van der Waals surface area contributed by atoms with Crippen LogP contribution in [0.1, 0.15) is 10.4 Å². The van der Waals surface area contributed by atoms with Gasteiger partial charge in [-0.2, -0.15) is 0 Å². The minimum absolute atomic E-state index is 0.0104. The lowest BCUT2D eigenvalue weighted by molar-refractivity contribution is -0.384. The number of rotatable bonds is 9. The molecule has 0 aliphatic rings. The van der Waals surface area contributed by atoms with Gasteiger partial charge in [-0.15, -0.1) is 0 Å². The maximum absolute atomic E-state index is 12.3. The van der Waals surface area contributed by atoms with Crippen molar-refractivity contribution in [3.63, 3.8) is 0 Å². The number of aliphatic hydroxyl groups excluding tert-OH is 1. The third-order valence-corrected chi connectivity index (χ3v) is 3.94. The first kappa shape index (κ1) is 20.8. The zero-order valence-electron chi connectivity index (χ0n) is 14.0. The van der Waals surface area contributed by atoms with Crippen molar-refractivity contribution in [2.24, 2.45) is 0 Å². The van der Waals surface area contributed by atoms with Crippen LogP contribution in [-0.2, 0) is 4.74 Å². The molecule has 0 spiro atoms. The highest BCUT2D eigenvalue weighted by molar-refractivity contribution is 6.37. The molecule has 2 N–H and O–H groups in total. The van der Waals surface area contributed by atoms with Gasteiger partial charge in [0.15, 0.2) is 5.75 Å². The lowest BCUT2D eigenvalue weighted by Gasteiger charge is -2.12. The predicted molar refractivity (Wildman–Crippen MR) is 101 cm³/mol. The molecular formula is C17H16Cl2N2O6. The van der Waals surface area contributed by atoms with Crippen LogP contribution in [0.15, 0.2) is 36.4 Å². The Morgan fingerprint density at radius 1 is 1.19 bits per heavy atom. The Kier molecular flexibility index (Phi) is 7.66. The fourth-order valence-corrected chi connectivity index (χ4v) is 2.64. The van der Waals surface area contributed by atoms with Gasteiger partial charge in [0.05, 0.1) is 27.1 Å². The van der Waals surface area contributed by atoms with Crippen molar-refractivity contribution in [3.05, 3.63) is 62.1 Å². The van der Waals surface area contributed by atoms with E-state index >= 15 is 0 Å². The van der Waals surface area contributed by atoms with Gasteiger partial charge in [0.1, 0.15) is 13.2 Å². The van der Waals surface area contributed by atoms with Crippen LogP contribution in [0.25, 0.3) is 0 Å². The zero-order valence-corrected chi connectivity index (χ0v) is 15.5. The Labute approximate surface area is 164 Å². The van der Waals surface area contributed by atoms with Crippen molar-refractivity contribution < 1.29 is 24.3 Å². The first-order chi connectivity index (χ1) is 12.9. The van der Waals surface area contributed by atoms with Gasteiger partial charge in [-0.25, -0.2) is 4.79 Å². The monoisotopic (exact) mass is 414 g/mol. The number of nitrogens with zero attached hydrogens (tertiary/aromatic N) is 1. The van der Waals surface area contributed by atoms with Gasteiger partial charge in [0.2, 0.25) is 0 Å². The van der Waals surface area contributed by atoms with Gasteiger partial charge in [-0.3, -0.25) is 10.1 Å². The molecule has 2 aromatic carbocycles. The van der Waals surface area contributed by atoms with Gasteiger partial charge >= 0.3 is 5.97 Å².